The van der Waals surface area contributed by atoms with Gasteiger partial charge in [-0.05, 0) is 26.0 Å². The first-order chi connectivity index (χ1) is 6.66. The van der Waals surface area contributed by atoms with Crippen molar-refractivity contribution in [2.45, 2.75) is 19.9 Å². The molecule has 0 aromatic carbocycles. The minimum Gasteiger partial charge on any atom is -0.477 e. The molecule has 1 atom stereocenters. The molecular formula is C10H15NO3. The van der Waals surface area contributed by atoms with Crippen molar-refractivity contribution in [3.05, 3.63) is 24.0 Å². The summed E-state index contributed by atoms with van der Waals surface area (Å²) >= 11 is 0. The first kappa shape index (κ1) is 10.8. The van der Waals surface area contributed by atoms with Gasteiger partial charge < -0.3 is 14.4 Å². The molecular weight excluding hydrogens is 182 g/mol. The predicted octanol–water partition coefficient (Wildman–Crippen LogP) is 1.78. The molecule has 0 aliphatic heterocycles. The van der Waals surface area contributed by atoms with E-state index < -0.39 is 5.97 Å². The molecule has 0 aliphatic rings. The zero-order valence-corrected chi connectivity index (χ0v) is 8.43. The summed E-state index contributed by atoms with van der Waals surface area (Å²) in [4.78, 5) is 10.8. The van der Waals surface area contributed by atoms with Crippen LogP contribution in [-0.2, 0) is 4.74 Å². The minimum atomic E-state index is -0.904. The summed E-state index contributed by atoms with van der Waals surface area (Å²) in [7, 11) is 0. The molecule has 1 unspecified atom stereocenters. The van der Waals surface area contributed by atoms with E-state index in [1.54, 1.807) is 22.9 Å². The Morgan fingerprint density at radius 3 is 3.00 bits per heavy atom. The van der Waals surface area contributed by atoms with Gasteiger partial charge in [0.1, 0.15) is 5.69 Å². The van der Waals surface area contributed by atoms with Crippen LogP contribution >= 0.6 is 0 Å². The fourth-order valence-corrected chi connectivity index (χ4v) is 1.33. The van der Waals surface area contributed by atoms with Gasteiger partial charge in [-0.2, -0.15) is 0 Å². The van der Waals surface area contributed by atoms with E-state index >= 15 is 0 Å². The van der Waals surface area contributed by atoms with Gasteiger partial charge >= 0.3 is 5.97 Å². The van der Waals surface area contributed by atoms with Crippen molar-refractivity contribution in [3.63, 3.8) is 0 Å². The van der Waals surface area contributed by atoms with Gasteiger partial charge in [0.2, 0.25) is 0 Å². The summed E-state index contributed by atoms with van der Waals surface area (Å²) in [5.41, 5.74) is 0.303. The van der Waals surface area contributed by atoms with E-state index in [4.69, 9.17) is 9.84 Å². The van der Waals surface area contributed by atoms with Crippen molar-refractivity contribution in [3.8, 4) is 0 Å². The van der Waals surface area contributed by atoms with Gasteiger partial charge in [-0.15, -0.1) is 0 Å². The largest absolute Gasteiger partial charge is 0.477 e. The Bertz CT molecular complexity index is 306. The molecule has 0 aliphatic carbocycles. The Labute approximate surface area is 83.1 Å². The van der Waals surface area contributed by atoms with Crippen molar-refractivity contribution in [2.24, 2.45) is 0 Å². The van der Waals surface area contributed by atoms with Gasteiger partial charge in [-0.3, -0.25) is 0 Å². The zero-order chi connectivity index (χ0) is 10.6. The standard InChI is InChI=1S/C10H15NO3/c1-3-14-7-8(2)11-6-4-5-9(11)10(12)13/h4-6,8H,3,7H2,1-2H3,(H,12,13). The lowest BCUT2D eigenvalue weighted by molar-refractivity contribution is 0.0674. The van der Waals surface area contributed by atoms with Gasteiger partial charge in [0.25, 0.3) is 0 Å². The van der Waals surface area contributed by atoms with Crippen LogP contribution in [0.4, 0.5) is 0 Å². The third-order valence-corrected chi connectivity index (χ3v) is 2.04. The number of carbonyl (C=O) groups is 1. The van der Waals surface area contributed by atoms with Gasteiger partial charge in [0.15, 0.2) is 0 Å². The maximum Gasteiger partial charge on any atom is 0.352 e. The van der Waals surface area contributed by atoms with Gasteiger partial charge in [-0.25, -0.2) is 4.79 Å². The average Bonchev–Trinajstić information content (AvgIpc) is 2.62. The van der Waals surface area contributed by atoms with Crippen LogP contribution in [0.15, 0.2) is 18.3 Å². The van der Waals surface area contributed by atoms with Crippen LogP contribution < -0.4 is 0 Å². The number of ether oxygens (including phenoxy) is 1. The SMILES string of the molecule is CCOCC(C)n1cccc1C(=O)O. The van der Waals surface area contributed by atoms with E-state index in [1.165, 1.54) is 0 Å². The smallest absolute Gasteiger partial charge is 0.352 e. The Morgan fingerprint density at radius 1 is 1.71 bits per heavy atom. The lowest BCUT2D eigenvalue weighted by Crippen LogP contribution is -2.16. The fourth-order valence-electron chi connectivity index (χ4n) is 1.33. The lowest BCUT2D eigenvalue weighted by Gasteiger charge is -2.15. The summed E-state index contributed by atoms with van der Waals surface area (Å²) in [5.74, 6) is -0.904. The number of nitrogens with zero attached hydrogens (tertiary/aromatic N) is 1. The maximum absolute atomic E-state index is 10.8. The van der Waals surface area contributed by atoms with E-state index in [1.807, 2.05) is 13.8 Å². The third kappa shape index (κ3) is 2.35. The Kier molecular flexibility index (Phi) is 3.71. The molecule has 0 bridgehead atoms. The molecule has 0 spiro atoms. The molecule has 1 rings (SSSR count). The number of hydrogen-bond acceptors (Lipinski definition) is 2. The Balaban J connectivity index is 2.73. The quantitative estimate of drug-likeness (QED) is 0.782. The summed E-state index contributed by atoms with van der Waals surface area (Å²) in [6.45, 7) is 5.03. The van der Waals surface area contributed by atoms with E-state index in [2.05, 4.69) is 0 Å². The van der Waals surface area contributed by atoms with Gasteiger partial charge in [0, 0.05) is 12.8 Å². The monoisotopic (exact) mass is 197 g/mol. The van der Waals surface area contributed by atoms with Gasteiger partial charge in [-0.1, -0.05) is 0 Å². The van der Waals surface area contributed by atoms with Crippen LogP contribution in [0.5, 0.6) is 0 Å². The molecule has 1 heterocycles. The average molecular weight is 197 g/mol. The third-order valence-electron chi connectivity index (χ3n) is 2.04. The van der Waals surface area contributed by atoms with Crippen LogP contribution in [0.25, 0.3) is 0 Å². The van der Waals surface area contributed by atoms with Gasteiger partial charge in [0.05, 0.1) is 12.6 Å². The predicted molar refractivity (Wildman–Crippen MR) is 52.6 cm³/mol. The molecule has 0 saturated heterocycles. The highest BCUT2D eigenvalue weighted by Crippen LogP contribution is 2.11. The molecule has 78 valence electrons. The molecule has 0 amide bonds. The highest BCUT2D eigenvalue weighted by atomic mass is 16.5. The molecule has 0 fully saturated rings. The van der Waals surface area contributed by atoms with Crippen molar-refractivity contribution in [2.75, 3.05) is 13.2 Å². The van der Waals surface area contributed by atoms with Crippen LogP contribution in [0.1, 0.15) is 30.4 Å². The zero-order valence-electron chi connectivity index (χ0n) is 8.43. The number of hydrogen-bond donors (Lipinski definition) is 1. The highest BCUT2D eigenvalue weighted by Gasteiger charge is 2.13. The highest BCUT2D eigenvalue weighted by molar-refractivity contribution is 5.85. The van der Waals surface area contributed by atoms with Crippen LogP contribution in [-0.4, -0.2) is 28.9 Å². The number of rotatable bonds is 5. The Morgan fingerprint density at radius 2 is 2.43 bits per heavy atom. The van der Waals surface area contributed by atoms with E-state index in [-0.39, 0.29) is 6.04 Å². The second kappa shape index (κ2) is 4.81. The number of aromatic carboxylic acids is 1. The molecule has 1 aromatic rings. The molecule has 1 aromatic heterocycles. The van der Waals surface area contributed by atoms with E-state index in [0.717, 1.165) is 0 Å². The molecule has 4 heteroatoms. The maximum atomic E-state index is 10.8. The first-order valence-corrected chi connectivity index (χ1v) is 4.64. The molecule has 0 saturated carbocycles. The normalized spacial score (nSPS) is 12.7. The van der Waals surface area contributed by atoms with Crippen LogP contribution in [0.3, 0.4) is 0 Å². The molecule has 4 nitrogen and oxygen atoms in total. The second-order valence-corrected chi connectivity index (χ2v) is 3.11. The minimum absolute atomic E-state index is 0.0519. The van der Waals surface area contributed by atoms with Crippen molar-refractivity contribution >= 4 is 5.97 Å². The number of carboxylic acid groups (broad SMARTS) is 1. The summed E-state index contributed by atoms with van der Waals surface area (Å²) in [6, 6.07) is 3.37. The summed E-state index contributed by atoms with van der Waals surface area (Å²) in [6.07, 6.45) is 1.76. The number of carboxylic acids is 1. The van der Waals surface area contributed by atoms with Crippen molar-refractivity contribution < 1.29 is 14.6 Å². The molecule has 14 heavy (non-hydrogen) atoms. The number of aromatic nitrogens is 1. The molecule has 0 radical (unpaired) electrons. The summed E-state index contributed by atoms with van der Waals surface area (Å²) < 4.78 is 6.95. The first-order valence-electron chi connectivity index (χ1n) is 4.64. The Hall–Kier alpha value is -1.29. The van der Waals surface area contributed by atoms with Crippen LogP contribution in [0, 0.1) is 0 Å². The van der Waals surface area contributed by atoms with Crippen molar-refractivity contribution in [1.29, 1.82) is 0 Å². The van der Waals surface area contributed by atoms with Crippen molar-refractivity contribution in [1.82, 2.24) is 4.57 Å². The molecule has 1 N–H and O–H groups in total. The van der Waals surface area contributed by atoms with Crippen LogP contribution in [0.2, 0.25) is 0 Å². The fraction of sp³-hybridized carbons (Fsp3) is 0.500. The topological polar surface area (TPSA) is 51.5 Å². The van der Waals surface area contributed by atoms with E-state index in [0.29, 0.717) is 18.9 Å². The summed E-state index contributed by atoms with van der Waals surface area (Å²) in [5, 5.41) is 8.87. The lowest BCUT2D eigenvalue weighted by atomic mass is 10.3. The second-order valence-electron chi connectivity index (χ2n) is 3.11. The van der Waals surface area contributed by atoms with E-state index in [9.17, 15) is 4.79 Å².